The number of rotatable bonds is 5. The highest BCUT2D eigenvalue weighted by Crippen LogP contribution is 2.22. The molecular weight excluding hydrogens is 294 g/mol. The fourth-order valence-electron chi connectivity index (χ4n) is 2.28. The minimum absolute atomic E-state index is 0.366. The van der Waals surface area contributed by atoms with Crippen LogP contribution in [0.3, 0.4) is 0 Å². The van der Waals surface area contributed by atoms with E-state index < -0.39 is 12.0 Å². The summed E-state index contributed by atoms with van der Waals surface area (Å²) >= 11 is 0. The molecule has 5 nitrogen and oxygen atoms in total. The molecule has 23 heavy (non-hydrogen) atoms. The maximum Gasteiger partial charge on any atom is 0.337 e. The SMILES string of the molecule is COC(=O)c1ccc(-c2cccc(CC(N)C(=O)OC)c2)cc1. The van der Waals surface area contributed by atoms with Gasteiger partial charge in [0.05, 0.1) is 19.8 Å². The molecule has 120 valence electrons. The molecule has 0 saturated carbocycles. The Morgan fingerprint density at radius 1 is 1.00 bits per heavy atom. The van der Waals surface area contributed by atoms with Crippen LogP contribution in [0.4, 0.5) is 0 Å². The summed E-state index contributed by atoms with van der Waals surface area (Å²) in [6.07, 6.45) is 0.404. The Balaban J connectivity index is 2.19. The molecule has 2 aromatic carbocycles. The molecule has 1 atom stereocenters. The van der Waals surface area contributed by atoms with Crippen LogP contribution in [0.5, 0.6) is 0 Å². The quantitative estimate of drug-likeness (QED) is 0.856. The van der Waals surface area contributed by atoms with E-state index in [1.165, 1.54) is 14.2 Å². The van der Waals surface area contributed by atoms with Gasteiger partial charge in [-0.2, -0.15) is 0 Å². The van der Waals surface area contributed by atoms with Crippen molar-refractivity contribution in [3.8, 4) is 11.1 Å². The van der Waals surface area contributed by atoms with Crippen LogP contribution >= 0.6 is 0 Å². The normalized spacial score (nSPS) is 11.6. The van der Waals surface area contributed by atoms with Crippen LogP contribution in [-0.2, 0) is 20.7 Å². The summed E-state index contributed by atoms with van der Waals surface area (Å²) < 4.78 is 9.32. The van der Waals surface area contributed by atoms with Crippen LogP contribution in [0.1, 0.15) is 15.9 Å². The summed E-state index contributed by atoms with van der Waals surface area (Å²) in [5.41, 5.74) is 9.18. The second-order valence-electron chi connectivity index (χ2n) is 5.10. The minimum Gasteiger partial charge on any atom is -0.468 e. The van der Waals surface area contributed by atoms with Crippen molar-refractivity contribution >= 4 is 11.9 Å². The molecule has 0 aromatic heterocycles. The molecule has 0 radical (unpaired) electrons. The van der Waals surface area contributed by atoms with Crippen LogP contribution in [0.2, 0.25) is 0 Å². The predicted octanol–water partition coefficient (Wildman–Crippen LogP) is 2.18. The molecule has 0 amide bonds. The summed E-state index contributed by atoms with van der Waals surface area (Å²) in [6.45, 7) is 0. The minimum atomic E-state index is -0.683. The maximum atomic E-state index is 11.4. The third-order valence-electron chi connectivity index (χ3n) is 3.53. The van der Waals surface area contributed by atoms with Crippen molar-refractivity contribution in [2.24, 2.45) is 5.73 Å². The lowest BCUT2D eigenvalue weighted by Crippen LogP contribution is -2.33. The van der Waals surface area contributed by atoms with E-state index in [-0.39, 0.29) is 5.97 Å². The highest BCUT2D eigenvalue weighted by atomic mass is 16.5. The number of hydrogen-bond donors (Lipinski definition) is 1. The first-order chi connectivity index (χ1) is 11.0. The van der Waals surface area contributed by atoms with E-state index in [0.717, 1.165) is 16.7 Å². The Kier molecular flexibility index (Phi) is 5.49. The summed E-state index contributed by atoms with van der Waals surface area (Å²) in [7, 11) is 2.67. The number of methoxy groups -OCH3 is 2. The smallest absolute Gasteiger partial charge is 0.337 e. The van der Waals surface area contributed by atoms with E-state index in [4.69, 9.17) is 5.73 Å². The molecule has 0 fully saturated rings. The second kappa shape index (κ2) is 7.56. The van der Waals surface area contributed by atoms with E-state index in [1.54, 1.807) is 12.1 Å². The first kappa shape index (κ1) is 16.7. The van der Waals surface area contributed by atoms with Gasteiger partial charge in [0.15, 0.2) is 0 Å². The van der Waals surface area contributed by atoms with E-state index in [0.29, 0.717) is 12.0 Å². The van der Waals surface area contributed by atoms with Crippen molar-refractivity contribution in [1.29, 1.82) is 0 Å². The van der Waals surface area contributed by atoms with Crippen LogP contribution in [0, 0.1) is 0 Å². The van der Waals surface area contributed by atoms with Crippen molar-refractivity contribution in [3.05, 3.63) is 59.7 Å². The zero-order valence-electron chi connectivity index (χ0n) is 13.1. The van der Waals surface area contributed by atoms with E-state index in [2.05, 4.69) is 9.47 Å². The van der Waals surface area contributed by atoms with Crippen molar-refractivity contribution in [2.45, 2.75) is 12.5 Å². The summed E-state index contributed by atoms with van der Waals surface area (Å²) in [6, 6.07) is 14.2. The van der Waals surface area contributed by atoms with E-state index >= 15 is 0 Å². The third kappa shape index (κ3) is 4.17. The Morgan fingerprint density at radius 3 is 2.30 bits per heavy atom. The molecule has 0 bridgehead atoms. The number of carbonyl (C=O) groups is 2. The Labute approximate surface area is 135 Å². The monoisotopic (exact) mass is 313 g/mol. The van der Waals surface area contributed by atoms with Crippen LogP contribution < -0.4 is 5.73 Å². The van der Waals surface area contributed by atoms with Gasteiger partial charge >= 0.3 is 11.9 Å². The predicted molar refractivity (Wildman–Crippen MR) is 86.9 cm³/mol. The molecule has 0 aliphatic heterocycles. The van der Waals surface area contributed by atoms with Crippen molar-refractivity contribution in [2.75, 3.05) is 14.2 Å². The van der Waals surface area contributed by atoms with E-state index in [9.17, 15) is 9.59 Å². The Hall–Kier alpha value is -2.66. The lowest BCUT2D eigenvalue weighted by Gasteiger charge is -2.10. The Morgan fingerprint density at radius 2 is 1.70 bits per heavy atom. The Bertz CT molecular complexity index is 694. The first-order valence-electron chi connectivity index (χ1n) is 7.16. The number of hydrogen-bond acceptors (Lipinski definition) is 5. The van der Waals surface area contributed by atoms with Gasteiger partial charge in [0.2, 0.25) is 0 Å². The number of ether oxygens (including phenoxy) is 2. The molecule has 2 N–H and O–H groups in total. The molecule has 0 saturated heterocycles. The first-order valence-corrected chi connectivity index (χ1v) is 7.16. The maximum absolute atomic E-state index is 11.4. The van der Waals surface area contributed by atoms with Gasteiger partial charge in [-0.1, -0.05) is 36.4 Å². The molecule has 0 heterocycles. The summed E-state index contributed by atoms with van der Waals surface area (Å²) in [5.74, 6) is -0.799. The number of benzene rings is 2. The molecule has 2 rings (SSSR count). The average molecular weight is 313 g/mol. The van der Waals surface area contributed by atoms with Crippen LogP contribution in [0.15, 0.2) is 48.5 Å². The lowest BCUT2D eigenvalue weighted by molar-refractivity contribution is -0.142. The fraction of sp³-hybridized carbons (Fsp3) is 0.222. The van der Waals surface area contributed by atoms with Crippen LogP contribution in [0.25, 0.3) is 11.1 Å². The van der Waals surface area contributed by atoms with Crippen molar-refractivity contribution in [3.63, 3.8) is 0 Å². The molecule has 5 heteroatoms. The molecule has 2 aromatic rings. The largest absolute Gasteiger partial charge is 0.468 e. The van der Waals surface area contributed by atoms with E-state index in [1.807, 2.05) is 36.4 Å². The molecule has 0 spiro atoms. The molecule has 0 aliphatic carbocycles. The summed E-state index contributed by atoms with van der Waals surface area (Å²) in [5, 5.41) is 0. The molecular formula is C18H19NO4. The topological polar surface area (TPSA) is 78.6 Å². The van der Waals surface area contributed by atoms with Gasteiger partial charge < -0.3 is 15.2 Å². The second-order valence-corrected chi connectivity index (χ2v) is 5.10. The number of nitrogens with two attached hydrogens (primary N) is 1. The van der Waals surface area contributed by atoms with Gasteiger partial charge in [0.25, 0.3) is 0 Å². The molecule has 0 aliphatic rings. The van der Waals surface area contributed by atoms with Gasteiger partial charge in [-0.15, -0.1) is 0 Å². The van der Waals surface area contributed by atoms with Gasteiger partial charge in [-0.25, -0.2) is 4.79 Å². The highest BCUT2D eigenvalue weighted by molar-refractivity contribution is 5.90. The van der Waals surface area contributed by atoms with Crippen LogP contribution in [-0.4, -0.2) is 32.2 Å². The zero-order chi connectivity index (χ0) is 16.8. The standard InChI is InChI=1S/C18H19NO4/c1-22-17(20)14-8-6-13(7-9-14)15-5-3-4-12(10-15)11-16(19)18(21)23-2/h3-10,16H,11,19H2,1-2H3. The van der Waals surface area contributed by atoms with Gasteiger partial charge in [-0.3, -0.25) is 4.79 Å². The number of carbonyl (C=O) groups excluding carboxylic acids is 2. The third-order valence-corrected chi connectivity index (χ3v) is 3.53. The number of esters is 2. The molecule has 1 unspecified atom stereocenters. The van der Waals surface area contributed by atoms with Crippen molar-refractivity contribution < 1.29 is 19.1 Å². The zero-order valence-corrected chi connectivity index (χ0v) is 13.1. The van der Waals surface area contributed by atoms with Gasteiger partial charge in [0, 0.05) is 0 Å². The van der Waals surface area contributed by atoms with Gasteiger partial charge in [0.1, 0.15) is 6.04 Å². The fourth-order valence-corrected chi connectivity index (χ4v) is 2.28. The summed E-state index contributed by atoms with van der Waals surface area (Å²) in [4.78, 5) is 22.9. The van der Waals surface area contributed by atoms with Crippen molar-refractivity contribution in [1.82, 2.24) is 0 Å². The average Bonchev–Trinajstić information content (AvgIpc) is 2.60. The lowest BCUT2D eigenvalue weighted by atomic mass is 9.99. The highest BCUT2D eigenvalue weighted by Gasteiger charge is 2.14. The van der Waals surface area contributed by atoms with Gasteiger partial charge in [-0.05, 0) is 35.2 Å².